The average molecular weight is 355 g/mol. The van der Waals surface area contributed by atoms with E-state index in [2.05, 4.69) is 10.2 Å². The standard InChI is InChI=1S/C18H19N3O3.C2H6/c1-10(2)13-8-14(16(23)9-15(13)22)17-19-20-18(24)21(17)12-6-4-11(3)5-7-12;1-2/h4-10,22-23H,1-3H3,(H,20,24);1-2H3. The van der Waals surface area contributed by atoms with Gasteiger partial charge in [0, 0.05) is 6.07 Å². The highest BCUT2D eigenvalue weighted by Gasteiger charge is 2.19. The molecule has 0 atom stereocenters. The number of phenols is 2. The molecule has 3 rings (SSSR count). The first-order chi connectivity index (χ1) is 12.4. The highest BCUT2D eigenvalue weighted by Crippen LogP contribution is 2.37. The predicted octanol–water partition coefficient (Wildman–Crippen LogP) is 4.10. The zero-order valence-electron chi connectivity index (χ0n) is 15.7. The quantitative estimate of drug-likeness (QED) is 0.660. The van der Waals surface area contributed by atoms with Crippen molar-refractivity contribution in [1.82, 2.24) is 14.8 Å². The van der Waals surface area contributed by atoms with Crippen molar-refractivity contribution in [2.24, 2.45) is 0 Å². The van der Waals surface area contributed by atoms with Gasteiger partial charge in [0.05, 0.1) is 11.3 Å². The maximum absolute atomic E-state index is 12.2. The molecule has 0 fully saturated rings. The Kier molecular flexibility index (Phi) is 5.87. The van der Waals surface area contributed by atoms with E-state index in [1.165, 1.54) is 10.6 Å². The van der Waals surface area contributed by atoms with Crippen LogP contribution in [-0.4, -0.2) is 25.0 Å². The largest absolute Gasteiger partial charge is 0.508 e. The molecule has 138 valence electrons. The van der Waals surface area contributed by atoms with Crippen LogP contribution in [0.5, 0.6) is 11.5 Å². The van der Waals surface area contributed by atoms with Crippen LogP contribution in [0.1, 0.15) is 44.7 Å². The lowest BCUT2D eigenvalue weighted by molar-refractivity contribution is 0.444. The summed E-state index contributed by atoms with van der Waals surface area (Å²) < 4.78 is 1.40. The van der Waals surface area contributed by atoms with Crippen LogP contribution in [0.2, 0.25) is 0 Å². The number of H-pyrrole nitrogens is 1. The Bertz CT molecular complexity index is 938. The molecule has 6 nitrogen and oxygen atoms in total. The van der Waals surface area contributed by atoms with Gasteiger partial charge in [-0.1, -0.05) is 45.4 Å². The molecular formula is C20H25N3O3. The van der Waals surface area contributed by atoms with E-state index in [0.717, 1.165) is 5.56 Å². The van der Waals surface area contributed by atoms with Crippen molar-refractivity contribution in [3.05, 3.63) is 58.0 Å². The molecule has 0 saturated carbocycles. The van der Waals surface area contributed by atoms with Gasteiger partial charge in [0.25, 0.3) is 0 Å². The van der Waals surface area contributed by atoms with Crippen molar-refractivity contribution < 1.29 is 10.2 Å². The van der Waals surface area contributed by atoms with Gasteiger partial charge in [-0.25, -0.2) is 14.5 Å². The summed E-state index contributed by atoms with van der Waals surface area (Å²) in [6.07, 6.45) is 0. The van der Waals surface area contributed by atoms with Crippen LogP contribution in [0.15, 0.2) is 41.2 Å². The van der Waals surface area contributed by atoms with Crippen molar-refractivity contribution in [1.29, 1.82) is 0 Å². The number of rotatable bonds is 3. The van der Waals surface area contributed by atoms with Crippen molar-refractivity contribution in [2.75, 3.05) is 0 Å². The number of benzene rings is 2. The monoisotopic (exact) mass is 355 g/mol. The SMILES string of the molecule is CC.Cc1ccc(-n2c(-c3cc(C(C)C)c(O)cc3O)n[nH]c2=O)cc1. The van der Waals surface area contributed by atoms with E-state index >= 15 is 0 Å². The molecule has 3 N–H and O–H groups in total. The van der Waals surface area contributed by atoms with Crippen molar-refractivity contribution in [3.8, 4) is 28.6 Å². The summed E-state index contributed by atoms with van der Waals surface area (Å²) in [5.41, 5.74) is 2.39. The first kappa shape index (κ1) is 19.3. The van der Waals surface area contributed by atoms with Crippen molar-refractivity contribution >= 4 is 0 Å². The molecule has 0 aliphatic rings. The van der Waals surface area contributed by atoms with Gasteiger partial charge in [0.15, 0.2) is 5.82 Å². The summed E-state index contributed by atoms with van der Waals surface area (Å²) in [4.78, 5) is 12.2. The van der Waals surface area contributed by atoms with Gasteiger partial charge in [-0.05, 0) is 36.6 Å². The lowest BCUT2D eigenvalue weighted by atomic mass is 9.98. The summed E-state index contributed by atoms with van der Waals surface area (Å²) in [6, 6.07) is 10.4. The Morgan fingerprint density at radius 2 is 1.65 bits per heavy atom. The van der Waals surface area contributed by atoms with E-state index in [9.17, 15) is 15.0 Å². The third-order valence-corrected chi connectivity index (χ3v) is 3.97. The maximum atomic E-state index is 12.2. The van der Waals surface area contributed by atoms with Crippen LogP contribution in [-0.2, 0) is 0 Å². The van der Waals surface area contributed by atoms with Crippen LogP contribution in [0.25, 0.3) is 17.1 Å². The van der Waals surface area contributed by atoms with Gasteiger partial charge in [0.1, 0.15) is 11.5 Å². The third-order valence-electron chi connectivity index (χ3n) is 3.97. The summed E-state index contributed by atoms with van der Waals surface area (Å²) in [7, 11) is 0. The molecule has 6 heteroatoms. The van der Waals surface area contributed by atoms with E-state index in [1.54, 1.807) is 6.07 Å². The second kappa shape index (κ2) is 7.91. The lowest BCUT2D eigenvalue weighted by Crippen LogP contribution is -2.15. The molecule has 0 unspecified atom stereocenters. The zero-order chi connectivity index (χ0) is 19.4. The normalized spacial score (nSPS) is 10.5. The Balaban J connectivity index is 0.00000117. The molecule has 1 heterocycles. The summed E-state index contributed by atoms with van der Waals surface area (Å²) in [5.74, 6) is 0.237. The van der Waals surface area contributed by atoms with Gasteiger partial charge in [-0.15, -0.1) is 0 Å². The van der Waals surface area contributed by atoms with Crippen LogP contribution in [0.3, 0.4) is 0 Å². The number of aryl methyl sites for hydroxylation is 1. The maximum Gasteiger partial charge on any atom is 0.348 e. The van der Waals surface area contributed by atoms with E-state index < -0.39 is 5.69 Å². The minimum Gasteiger partial charge on any atom is -0.508 e. The lowest BCUT2D eigenvalue weighted by Gasteiger charge is -2.13. The Labute approximate surface area is 152 Å². The first-order valence-corrected chi connectivity index (χ1v) is 8.69. The minimum atomic E-state index is -0.396. The number of aromatic amines is 1. The van der Waals surface area contributed by atoms with Crippen LogP contribution in [0.4, 0.5) is 0 Å². The topological polar surface area (TPSA) is 91.1 Å². The molecule has 0 aliphatic heterocycles. The number of aromatic nitrogens is 3. The fourth-order valence-corrected chi connectivity index (χ4v) is 2.65. The third kappa shape index (κ3) is 3.64. The fourth-order valence-electron chi connectivity index (χ4n) is 2.65. The smallest absolute Gasteiger partial charge is 0.348 e. The van der Waals surface area contributed by atoms with Gasteiger partial charge < -0.3 is 10.2 Å². The highest BCUT2D eigenvalue weighted by atomic mass is 16.3. The molecule has 3 aromatic rings. The van der Waals surface area contributed by atoms with E-state index in [1.807, 2.05) is 58.9 Å². The molecule has 0 saturated heterocycles. The zero-order valence-corrected chi connectivity index (χ0v) is 15.7. The second-order valence-corrected chi connectivity index (χ2v) is 6.11. The fraction of sp³-hybridized carbons (Fsp3) is 0.300. The average Bonchev–Trinajstić information content (AvgIpc) is 2.98. The van der Waals surface area contributed by atoms with Crippen molar-refractivity contribution in [2.45, 2.75) is 40.5 Å². The molecular weight excluding hydrogens is 330 g/mol. The highest BCUT2D eigenvalue weighted by molar-refractivity contribution is 5.69. The number of nitrogens with zero attached hydrogens (tertiary/aromatic N) is 2. The van der Waals surface area contributed by atoms with Gasteiger partial charge in [0.2, 0.25) is 0 Å². The Hall–Kier alpha value is -3.02. The molecule has 1 aromatic heterocycles. The molecule has 0 bridgehead atoms. The Morgan fingerprint density at radius 3 is 2.23 bits per heavy atom. The van der Waals surface area contributed by atoms with Gasteiger partial charge in [-0.3, -0.25) is 0 Å². The number of nitrogens with one attached hydrogen (secondary N) is 1. The number of hydrogen-bond donors (Lipinski definition) is 3. The molecule has 2 aromatic carbocycles. The van der Waals surface area contributed by atoms with Crippen LogP contribution in [0, 0.1) is 6.92 Å². The van der Waals surface area contributed by atoms with E-state index in [-0.39, 0.29) is 17.4 Å². The molecule has 26 heavy (non-hydrogen) atoms. The summed E-state index contributed by atoms with van der Waals surface area (Å²) >= 11 is 0. The van der Waals surface area contributed by atoms with Gasteiger partial charge in [-0.2, -0.15) is 5.10 Å². The second-order valence-electron chi connectivity index (χ2n) is 6.11. The number of aromatic hydroxyl groups is 2. The minimum absolute atomic E-state index is 0.0195. The number of phenolic OH excluding ortho intramolecular Hbond substituents is 2. The first-order valence-electron chi connectivity index (χ1n) is 8.69. The molecule has 0 spiro atoms. The van der Waals surface area contributed by atoms with Crippen molar-refractivity contribution in [3.63, 3.8) is 0 Å². The predicted molar refractivity (Wildman–Crippen MR) is 103 cm³/mol. The van der Waals surface area contributed by atoms with E-state index in [0.29, 0.717) is 22.6 Å². The molecule has 0 amide bonds. The van der Waals surface area contributed by atoms with Gasteiger partial charge >= 0.3 is 5.69 Å². The Morgan fingerprint density at radius 1 is 1.04 bits per heavy atom. The summed E-state index contributed by atoms with van der Waals surface area (Å²) in [6.45, 7) is 9.84. The van der Waals surface area contributed by atoms with Crippen LogP contribution >= 0.6 is 0 Å². The molecule has 0 aliphatic carbocycles. The van der Waals surface area contributed by atoms with Crippen LogP contribution < -0.4 is 5.69 Å². The molecule has 0 radical (unpaired) electrons. The van der Waals surface area contributed by atoms with E-state index in [4.69, 9.17) is 0 Å². The number of hydrogen-bond acceptors (Lipinski definition) is 4. The summed E-state index contributed by atoms with van der Waals surface area (Å²) in [5, 5.41) is 26.7.